The molecule has 0 radical (unpaired) electrons. The number of benzene rings is 2. The minimum absolute atomic E-state index is 0.345. The van der Waals surface area contributed by atoms with Gasteiger partial charge in [0.15, 0.2) is 0 Å². The predicted molar refractivity (Wildman–Crippen MR) is 105 cm³/mol. The van der Waals surface area contributed by atoms with Crippen LogP contribution in [0.3, 0.4) is 0 Å². The summed E-state index contributed by atoms with van der Waals surface area (Å²) >= 11 is 3.44. The molecular weight excluding hydrogens is 380 g/mol. The van der Waals surface area contributed by atoms with Gasteiger partial charge < -0.3 is 10.5 Å². The lowest BCUT2D eigenvalue weighted by atomic mass is 10.2. The highest BCUT2D eigenvalue weighted by molar-refractivity contribution is 9.10. The molecule has 1 aromatic heterocycles. The molecule has 0 atom stereocenters. The number of rotatable bonds is 6. The zero-order chi connectivity index (χ0) is 17.6. The van der Waals surface area contributed by atoms with E-state index < -0.39 is 0 Å². The van der Waals surface area contributed by atoms with Crippen molar-refractivity contribution in [2.45, 2.75) is 13.3 Å². The topological polar surface area (TPSA) is 65.4 Å². The Bertz CT molecular complexity index is 854. The van der Waals surface area contributed by atoms with E-state index in [1.807, 2.05) is 48.5 Å². The predicted octanol–water partition coefficient (Wildman–Crippen LogP) is 4.57. The van der Waals surface area contributed by atoms with Crippen molar-refractivity contribution in [2.24, 2.45) is 5.10 Å². The zero-order valence-electron chi connectivity index (χ0n) is 13.9. The summed E-state index contributed by atoms with van der Waals surface area (Å²) in [5.74, 6) is 1.20. The van der Waals surface area contributed by atoms with E-state index in [9.17, 15) is 0 Å². The second kappa shape index (κ2) is 7.98. The molecule has 0 saturated carbocycles. The molecule has 0 aliphatic rings. The number of nitrogen functional groups attached to an aromatic ring is 1. The van der Waals surface area contributed by atoms with Gasteiger partial charge in [0.05, 0.1) is 24.7 Å². The van der Waals surface area contributed by atoms with Gasteiger partial charge in [-0.15, -0.1) is 0 Å². The van der Waals surface area contributed by atoms with E-state index in [1.165, 1.54) is 0 Å². The Morgan fingerprint density at radius 1 is 1.16 bits per heavy atom. The van der Waals surface area contributed by atoms with E-state index in [-0.39, 0.29) is 0 Å². The van der Waals surface area contributed by atoms with Crippen molar-refractivity contribution in [3.05, 3.63) is 64.8 Å². The van der Waals surface area contributed by atoms with Crippen molar-refractivity contribution in [3.8, 4) is 17.0 Å². The molecule has 0 aliphatic heterocycles. The number of aromatic nitrogens is 2. The lowest BCUT2D eigenvalue weighted by Crippen LogP contribution is -2.00. The maximum Gasteiger partial charge on any atom is 0.221 e. The Kier molecular flexibility index (Phi) is 5.50. The van der Waals surface area contributed by atoms with Gasteiger partial charge in [0.1, 0.15) is 5.75 Å². The molecule has 0 unspecified atom stereocenters. The van der Waals surface area contributed by atoms with Crippen LogP contribution in [-0.4, -0.2) is 22.5 Å². The van der Waals surface area contributed by atoms with Crippen molar-refractivity contribution in [2.75, 3.05) is 12.3 Å². The molecular formula is C19H19BrN4O. The van der Waals surface area contributed by atoms with Gasteiger partial charge in [-0.2, -0.15) is 9.78 Å². The summed E-state index contributed by atoms with van der Waals surface area (Å²) < 4.78 is 8.23. The highest BCUT2D eigenvalue weighted by atomic mass is 79.9. The van der Waals surface area contributed by atoms with Gasteiger partial charge >= 0.3 is 0 Å². The van der Waals surface area contributed by atoms with Crippen molar-refractivity contribution in [3.63, 3.8) is 0 Å². The summed E-state index contributed by atoms with van der Waals surface area (Å²) in [5, 5.41) is 4.48. The van der Waals surface area contributed by atoms with E-state index in [4.69, 9.17) is 10.5 Å². The van der Waals surface area contributed by atoms with Crippen LogP contribution in [0, 0.1) is 0 Å². The number of halogens is 1. The Labute approximate surface area is 155 Å². The molecule has 0 spiro atoms. The summed E-state index contributed by atoms with van der Waals surface area (Å²) in [5.41, 5.74) is 8.75. The maximum atomic E-state index is 5.96. The van der Waals surface area contributed by atoms with Gasteiger partial charge in [0.2, 0.25) is 5.95 Å². The average molecular weight is 399 g/mol. The summed E-state index contributed by atoms with van der Waals surface area (Å²) in [6.07, 6.45) is 4.46. The second-order valence-corrected chi connectivity index (χ2v) is 6.40. The molecule has 0 amide bonds. The van der Waals surface area contributed by atoms with Gasteiger partial charge in [-0.05, 0) is 48.4 Å². The first-order valence-electron chi connectivity index (χ1n) is 8.03. The van der Waals surface area contributed by atoms with E-state index >= 15 is 0 Å². The fourth-order valence-electron chi connectivity index (χ4n) is 2.29. The Hall–Kier alpha value is -2.60. The monoisotopic (exact) mass is 398 g/mol. The Morgan fingerprint density at radius 2 is 1.88 bits per heavy atom. The molecule has 0 fully saturated rings. The van der Waals surface area contributed by atoms with E-state index in [1.54, 1.807) is 17.1 Å². The standard InChI is InChI=1S/C19H19BrN4O/c1-2-11-25-17-9-3-14(4-10-17)12-23-24-18(13-22-19(24)21)15-5-7-16(20)8-6-15/h3-10,12-13H,2,11H2,1H3,(H2,21,22). The van der Waals surface area contributed by atoms with Crippen LogP contribution in [0.5, 0.6) is 5.75 Å². The second-order valence-electron chi connectivity index (χ2n) is 5.48. The maximum absolute atomic E-state index is 5.96. The molecule has 6 heteroatoms. The molecule has 3 rings (SSSR count). The number of anilines is 1. The molecule has 128 valence electrons. The quantitative estimate of drug-likeness (QED) is 0.618. The van der Waals surface area contributed by atoms with Crippen molar-refractivity contribution in [1.82, 2.24) is 9.66 Å². The number of hydrogen-bond donors (Lipinski definition) is 1. The van der Waals surface area contributed by atoms with Crippen LogP contribution < -0.4 is 10.5 Å². The number of ether oxygens (including phenoxy) is 1. The van der Waals surface area contributed by atoms with Gasteiger partial charge in [0.25, 0.3) is 0 Å². The molecule has 0 bridgehead atoms. The van der Waals surface area contributed by atoms with Crippen LogP contribution in [0.2, 0.25) is 0 Å². The van der Waals surface area contributed by atoms with E-state index in [0.29, 0.717) is 5.95 Å². The molecule has 2 aromatic carbocycles. The van der Waals surface area contributed by atoms with Crippen molar-refractivity contribution < 1.29 is 4.74 Å². The lowest BCUT2D eigenvalue weighted by Gasteiger charge is -2.05. The summed E-state index contributed by atoms with van der Waals surface area (Å²) in [7, 11) is 0. The summed E-state index contributed by atoms with van der Waals surface area (Å²) in [6.45, 7) is 2.80. The molecule has 2 N–H and O–H groups in total. The number of nitrogens with two attached hydrogens (primary N) is 1. The first-order valence-corrected chi connectivity index (χ1v) is 8.83. The first kappa shape index (κ1) is 17.2. The van der Waals surface area contributed by atoms with E-state index in [0.717, 1.165) is 40.1 Å². The number of nitrogens with zero attached hydrogens (tertiary/aromatic N) is 3. The minimum Gasteiger partial charge on any atom is -0.494 e. The Morgan fingerprint density at radius 3 is 2.56 bits per heavy atom. The third kappa shape index (κ3) is 4.28. The lowest BCUT2D eigenvalue weighted by molar-refractivity contribution is 0.317. The fraction of sp³-hybridized carbons (Fsp3) is 0.158. The van der Waals surface area contributed by atoms with Crippen LogP contribution in [0.15, 0.2) is 64.3 Å². The van der Waals surface area contributed by atoms with Crippen molar-refractivity contribution >= 4 is 28.1 Å². The Balaban J connectivity index is 1.82. The number of hydrogen-bond acceptors (Lipinski definition) is 4. The first-order chi connectivity index (χ1) is 12.2. The van der Waals surface area contributed by atoms with Crippen LogP contribution in [0.25, 0.3) is 11.3 Å². The van der Waals surface area contributed by atoms with Crippen LogP contribution in [0.4, 0.5) is 5.95 Å². The zero-order valence-corrected chi connectivity index (χ0v) is 15.5. The smallest absolute Gasteiger partial charge is 0.221 e. The molecule has 0 saturated heterocycles. The SMILES string of the molecule is CCCOc1ccc(C=Nn2c(-c3ccc(Br)cc3)cnc2N)cc1. The van der Waals surface area contributed by atoms with Crippen LogP contribution in [0.1, 0.15) is 18.9 Å². The average Bonchev–Trinajstić information content (AvgIpc) is 3.00. The molecule has 25 heavy (non-hydrogen) atoms. The van der Waals surface area contributed by atoms with Gasteiger partial charge in [0, 0.05) is 10.0 Å². The highest BCUT2D eigenvalue weighted by Crippen LogP contribution is 2.23. The van der Waals surface area contributed by atoms with Gasteiger partial charge in [-0.3, -0.25) is 0 Å². The van der Waals surface area contributed by atoms with Crippen LogP contribution >= 0.6 is 15.9 Å². The van der Waals surface area contributed by atoms with E-state index in [2.05, 4.69) is 32.9 Å². The molecule has 5 nitrogen and oxygen atoms in total. The van der Waals surface area contributed by atoms with Gasteiger partial charge in [-0.1, -0.05) is 35.0 Å². The van der Waals surface area contributed by atoms with Gasteiger partial charge in [-0.25, -0.2) is 4.98 Å². The van der Waals surface area contributed by atoms with Crippen molar-refractivity contribution in [1.29, 1.82) is 0 Å². The third-order valence-electron chi connectivity index (χ3n) is 3.58. The molecule has 0 aliphatic carbocycles. The normalized spacial score (nSPS) is 11.1. The highest BCUT2D eigenvalue weighted by Gasteiger charge is 2.08. The molecule has 3 aromatic rings. The molecule has 1 heterocycles. The third-order valence-corrected chi connectivity index (χ3v) is 4.11. The van der Waals surface area contributed by atoms with Crippen LogP contribution in [-0.2, 0) is 0 Å². The summed E-state index contributed by atoms with van der Waals surface area (Å²) in [6, 6.07) is 15.7. The summed E-state index contributed by atoms with van der Waals surface area (Å²) in [4.78, 5) is 4.17. The minimum atomic E-state index is 0.345. The fourth-order valence-corrected chi connectivity index (χ4v) is 2.56. The number of imidazole rings is 1. The largest absolute Gasteiger partial charge is 0.494 e.